The van der Waals surface area contributed by atoms with E-state index in [4.69, 9.17) is 5.41 Å². The molecule has 0 bridgehead atoms. The van der Waals surface area contributed by atoms with Crippen molar-refractivity contribution in [3.63, 3.8) is 0 Å². The number of rotatable bonds is 3. The first-order valence-corrected chi connectivity index (χ1v) is 4.44. The molecule has 0 aromatic heterocycles. The van der Waals surface area contributed by atoms with Gasteiger partial charge in [0, 0.05) is 6.04 Å². The third kappa shape index (κ3) is 5.69. The first kappa shape index (κ1) is 9.56. The first-order chi connectivity index (χ1) is 4.66. The molecule has 0 aromatic rings. The fraction of sp³-hybridized carbons (Fsp3) is 0.571. The molecule has 0 saturated carbocycles. The predicted octanol–water partition coefficient (Wildman–Crippen LogP) is 1.84. The Morgan fingerprint density at radius 3 is 2.60 bits per heavy atom. The van der Waals surface area contributed by atoms with E-state index in [0.29, 0.717) is 11.1 Å². The van der Waals surface area contributed by atoms with Gasteiger partial charge in [-0.15, -0.1) is 11.8 Å². The Morgan fingerprint density at radius 2 is 2.20 bits per heavy atom. The molecule has 0 aromatic carbocycles. The van der Waals surface area contributed by atoms with Gasteiger partial charge in [-0.1, -0.05) is 0 Å². The highest BCUT2D eigenvalue weighted by Crippen LogP contribution is 1.94. The minimum Gasteiger partial charge on any atom is -0.389 e. The number of hydrogen-bond acceptors (Lipinski definition) is 3. The van der Waals surface area contributed by atoms with Gasteiger partial charge in [0.1, 0.15) is 0 Å². The molecule has 0 rings (SSSR count). The van der Waals surface area contributed by atoms with E-state index in [2.05, 4.69) is 19.2 Å². The van der Waals surface area contributed by atoms with Crippen molar-refractivity contribution in [2.24, 2.45) is 0 Å². The van der Waals surface area contributed by atoms with Gasteiger partial charge in [0.15, 0.2) is 0 Å². The summed E-state index contributed by atoms with van der Waals surface area (Å²) in [5, 5.41) is 10.9. The minimum absolute atomic E-state index is 0.450. The lowest BCUT2D eigenvalue weighted by Gasteiger charge is -2.01. The van der Waals surface area contributed by atoms with Crippen LogP contribution in [-0.2, 0) is 0 Å². The maximum atomic E-state index is 7.22. The van der Waals surface area contributed by atoms with Crippen molar-refractivity contribution in [2.45, 2.75) is 19.9 Å². The largest absolute Gasteiger partial charge is 0.389 e. The quantitative estimate of drug-likeness (QED) is 0.485. The van der Waals surface area contributed by atoms with Crippen LogP contribution in [0.3, 0.4) is 0 Å². The molecule has 0 fully saturated rings. The molecule has 2 nitrogen and oxygen atoms in total. The van der Waals surface area contributed by atoms with Crippen LogP contribution in [0.2, 0.25) is 0 Å². The molecule has 2 N–H and O–H groups in total. The van der Waals surface area contributed by atoms with Crippen LogP contribution in [0.5, 0.6) is 0 Å². The van der Waals surface area contributed by atoms with E-state index < -0.39 is 0 Å². The Bertz CT molecular complexity index is 130. The highest BCUT2D eigenvalue weighted by molar-refractivity contribution is 8.13. The Morgan fingerprint density at radius 1 is 1.60 bits per heavy atom. The van der Waals surface area contributed by atoms with E-state index in [1.165, 1.54) is 11.8 Å². The summed E-state index contributed by atoms with van der Waals surface area (Å²) in [6.45, 7) is 4.13. The fourth-order valence-electron chi connectivity index (χ4n) is 0.384. The van der Waals surface area contributed by atoms with Gasteiger partial charge in [-0.25, -0.2) is 0 Å². The van der Waals surface area contributed by atoms with E-state index in [-0.39, 0.29) is 0 Å². The molecule has 0 atom stereocenters. The standard InChI is InChI=1S/C7H14N2S/c1-6(2)9-5-4-7(8)10-3/h4-6,8-9H,1-3H3/b5-4-,8-7?. The van der Waals surface area contributed by atoms with E-state index in [9.17, 15) is 0 Å². The average molecular weight is 158 g/mol. The second kappa shape index (κ2) is 5.35. The molecular formula is C7H14N2S. The monoisotopic (exact) mass is 158 g/mol. The molecule has 0 spiro atoms. The Hall–Kier alpha value is -0.440. The highest BCUT2D eigenvalue weighted by atomic mass is 32.2. The number of nitrogens with one attached hydrogen (secondary N) is 2. The van der Waals surface area contributed by atoms with Gasteiger partial charge < -0.3 is 5.32 Å². The van der Waals surface area contributed by atoms with Gasteiger partial charge in [-0.2, -0.15) is 0 Å². The lowest BCUT2D eigenvalue weighted by molar-refractivity contribution is 0.703. The Balaban J connectivity index is 3.46. The summed E-state index contributed by atoms with van der Waals surface area (Å²) < 4.78 is 0. The van der Waals surface area contributed by atoms with Crippen molar-refractivity contribution in [2.75, 3.05) is 6.26 Å². The van der Waals surface area contributed by atoms with E-state index >= 15 is 0 Å². The van der Waals surface area contributed by atoms with Gasteiger partial charge in [0.2, 0.25) is 0 Å². The molecule has 0 amide bonds. The summed E-state index contributed by atoms with van der Waals surface area (Å²) in [6.07, 6.45) is 5.45. The van der Waals surface area contributed by atoms with E-state index in [0.717, 1.165) is 0 Å². The van der Waals surface area contributed by atoms with Crippen LogP contribution in [0.4, 0.5) is 0 Å². The smallest absolute Gasteiger partial charge is 0.0881 e. The second-order valence-corrected chi connectivity index (χ2v) is 3.07. The summed E-state index contributed by atoms with van der Waals surface area (Å²) in [5.74, 6) is 0. The summed E-state index contributed by atoms with van der Waals surface area (Å²) in [4.78, 5) is 0. The summed E-state index contributed by atoms with van der Waals surface area (Å²) in [5.41, 5.74) is 0. The summed E-state index contributed by atoms with van der Waals surface area (Å²) in [6, 6.07) is 0.450. The zero-order valence-electron chi connectivity index (χ0n) is 6.64. The molecule has 0 aliphatic heterocycles. The minimum atomic E-state index is 0.450. The van der Waals surface area contributed by atoms with Crippen LogP contribution >= 0.6 is 11.8 Å². The van der Waals surface area contributed by atoms with Crippen LogP contribution in [0.1, 0.15) is 13.8 Å². The Labute approximate surface area is 66.6 Å². The van der Waals surface area contributed by atoms with Crippen molar-refractivity contribution in [1.29, 1.82) is 5.41 Å². The van der Waals surface area contributed by atoms with Crippen molar-refractivity contribution in [3.8, 4) is 0 Å². The molecule has 3 heteroatoms. The van der Waals surface area contributed by atoms with Crippen molar-refractivity contribution < 1.29 is 0 Å². The van der Waals surface area contributed by atoms with Gasteiger partial charge in [0.05, 0.1) is 5.04 Å². The number of thioether (sulfide) groups is 1. The molecule has 0 heterocycles. The third-order valence-corrected chi connectivity index (χ3v) is 1.46. The van der Waals surface area contributed by atoms with Crippen molar-refractivity contribution in [1.82, 2.24) is 5.32 Å². The molecule has 0 saturated heterocycles. The van der Waals surface area contributed by atoms with Crippen LogP contribution in [0.25, 0.3) is 0 Å². The fourth-order valence-corrected chi connectivity index (χ4v) is 0.588. The maximum Gasteiger partial charge on any atom is 0.0881 e. The molecule has 0 radical (unpaired) electrons. The van der Waals surface area contributed by atoms with Crippen molar-refractivity contribution >= 4 is 16.8 Å². The zero-order valence-corrected chi connectivity index (χ0v) is 7.46. The lowest BCUT2D eigenvalue weighted by atomic mass is 10.4. The van der Waals surface area contributed by atoms with Crippen LogP contribution in [0.15, 0.2) is 12.3 Å². The van der Waals surface area contributed by atoms with Gasteiger partial charge in [0.25, 0.3) is 0 Å². The van der Waals surface area contributed by atoms with Crippen LogP contribution in [-0.4, -0.2) is 17.3 Å². The second-order valence-electron chi connectivity index (χ2n) is 2.22. The van der Waals surface area contributed by atoms with E-state index in [1.807, 2.05) is 12.5 Å². The van der Waals surface area contributed by atoms with Crippen LogP contribution < -0.4 is 5.32 Å². The molecule has 0 aliphatic rings. The van der Waals surface area contributed by atoms with Crippen molar-refractivity contribution in [3.05, 3.63) is 12.3 Å². The van der Waals surface area contributed by atoms with Gasteiger partial charge >= 0.3 is 0 Å². The maximum absolute atomic E-state index is 7.22. The normalized spacial score (nSPS) is 10.8. The van der Waals surface area contributed by atoms with Gasteiger partial charge in [-0.05, 0) is 32.4 Å². The zero-order chi connectivity index (χ0) is 7.98. The Kier molecular flexibility index (Phi) is 5.12. The van der Waals surface area contributed by atoms with E-state index in [1.54, 1.807) is 6.08 Å². The SMILES string of the molecule is CSC(=N)/C=C\NC(C)C. The molecule has 58 valence electrons. The molecule has 0 aliphatic carbocycles. The van der Waals surface area contributed by atoms with Crippen LogP contribution in [0, 0.1) is 5.41 Å². The lowest BCUT2D eigenvalue weighted by Crippen LogP contribution is -2.15. The third-order valence-electron chi connectivity index (χ3n) is 0.884. The first-order valence-electron chi connectivity index (χ1n) is 3.22. The summed E-state index contributed by atoms with van der Waals surface area (Å²) in [7, 11) is 0. The highest BCUT2D eigenvalue weighted by Gasteiger charge is 1.85. The average Bonchev–Trinajstić information content (AvgIpc) is 1.87. The predicted molar refractivity (Wildman–Crippen MR) is 48.7 cm³/mol. The summed E-state index contributed by atoms with van der Waals surface area (Å²) >= 11 is 1.43. The van der Waals surface area contributed by atoms with Gasteiger partial charge in [-0.3, -0.25) is 5.41 Å². The topological polar surface area (TPSA) is 35.9 Å². The molecule has 10 heavy (non-hydrogen) atoms. The molecular weight excluding hydrogens is 144 g/mol. The molecule has 0 unspecified atom stereocenters. The number of hydrogen-bond donors (Lipinski definition) is 2.